The van der Waals surface area contributed by atoms with Crippen molar-refractivity contribution < 1.29 is 22.4 Å². The smallest absolute Gasteiger partial charge is 0.280 e. The number of sulfone groups is 1. The van der Waals surface area contributed by atoms with Crippen molar-refractivity contribution in [1.82, 2.24) is 9.97 Å². The molecule has 1 amide bonds. The summed E-state index contributed by atoms with van der Waals surface area (Å²) in [4.78, 5) is 26.1. The number of aromatic nitrogens is 2. The number of carbonyl (C=O) groups excluding carboxylic acids is 1. The number of amides is 1. The van der Waals surface area contributed by atoms with Crippen LogP contribution in [0.25, 0.3) is 0 Å². The van der Waals surface area contributed by atoms with Gasteiger partial charge in [-0.2, -0.15) is 4.39 Å². The molecule has 0 spiro atoms. The van der Waals surface area contributed by atoms with E-state index in [0.29, 0.717) is 35.4 Å². The lowest BCUT2D eigenvalue weighted by Gasteiger charge is -2.08. The summed E-state index contributed by atoms with van der Waals surface area (Å²) in [6.45, 7) is 0.0254. The number of halogens is 1. The lowest BCUT2D eigenvalue weighted by atomic mass is 10.1. The van der Waals surface area contributed by atoms with Crippen molar-refractivity contribution in [2.45, 2.75) is 29.6 Å². The molecule has 0 radical (unpaired) electrons. The number of carbonyl (C=O) groups is 1. The average molecular weight is 461 g/mol. The number of oxime groups is 1. The van der Waals surface area contributed by atoms with Gasteiger partial charge in [-0.05, 0) is 37.1 Å². The SMILES string of the molecule is O=C(Nc1ncc(F)s1)C(=NOCc1ccccn1)c1ccc(S(=O)(=O)C2CC2)cc1. The Kier molecular flexibility index (Phi) is 6.05. The third-order valence-corrected chi connectivity index (χ3v) is 7.41. The Morgan fingerprint density at radius 2 is 1.97 bits per heavy atom. The molecule has 2 aromatic heterocycles. The molecule has 0 atom stereocenters. The Balaban J connectivity index is 1.57. The summed E-state index contributed by atoms with van der Waals surface area (Å²) in [6.07, 6.45) is 3.91. The molecule has 3 aromatic rings. The third-order valence-electron chi connectivity index (χ3n) is 4.43. The minimum Gasteiger partial charge on any atom is -0.389 e. The van der Waals surface area contributed by atoms with Gasteiger partial charge in [0.2, 0.25) is 0 Å². The second-order valence-electron chi connectivity index (χ2n) is 6.73. The van der Waals surface area contributed by atoms with Crippen LogP contribution in [0.15, 0.2) is 64.9 Å². The summed E-state index contributed by atoms with van der Waals surface area (Å²) < 4.78 is 38.0. The van der Waals surface area contributed by atoms with Crippen LogP contribution in [-0.2, 0) is 26.1 Å². The predicted molar refractivity (Wildman–Crippen MR) is 113 cm³/mol. The fraction of sp³-hybridized carbons (Fsp3) is 0.200. The highest BCUT2D eigenvalue weighted by Crippen LogP contribution is 2.33. The minimum atomic E-state index is -3.36. The minimum absolute atomic E-state index is 0.0254. The first kappa shape index (κ1) is 21.1. The molecule has 160 valence electrons. The van der Waals surface area contributed by atoms with Crippen LogP contribution in [0.4, 0.5) is 9.52 Å². The quantitative estimate of drug-likeness (QED) is 0.408. The molecule has 1 aliphatic rings. The van der Waals surface area contributed by atoms with Gasteiger partial charge in [0, 0.05) is 11.8 Å². The van der Waals surface area contributed by atoms with Crippen molar-refractivity contribution in [3.05, 3.63) is 71.2 Å². The molecular formula is C20H17FN4O4S2. The second kappa shape index (κ2) is 8.90. The summed E-state index contributed by atoms with van der Waals surface area (Å²) in [5.74, 6) is -0.673. The van der Waals surface area contributed by atoms with Gasteiger partial charge >= 0.3 is 0 Å². The Bertz CT molecular complexity index is 1210. The van der Waals surface area contributed by atoms with Crippen LogP contribution in [0.5, 0.6) is 0 Å². The molecule has 2 heterocycles. The molecule has 1 aliphatic carbocycles. The predicted octanol–water partition coefficient (Wildman–Crippen LogP) is 3.17. The summed E-state index contributed by atoms with van der Waals surface area (Å²) in [5, 5.41) is 5.58. The van der Waals surface area contributed by atoms with Gasteiger partial charge in [-0.3, -0.25) is 15.1 Å². The number of rotatable bonds is 8. The van der Waals surface area contributed by atoms with E-state index in [1.165, 1.54) is 24.3 Å². The van der Waals surface area contributed by atoms with Crippen molar-refractivity contribution in [1.29, 1.82) is 0 Å². The fourth-order valence-electron chi connectivity index (χ4n) is 2.71. The van der Waals surface area contributed by atoms with Crippen molar-refractivity contribution in [3.8, 4) is 0 Å². The number of thiazole rings is 1. The Morgan fingerprint density at radius 3 is 2.58 bits per heavy atom. The number of nitrogens with one attached hydrogen (secondary N) is 1. The van der Waals surface area contributed by atoms with E-state index < -0.39 is 20.9 Å². The first-order chi connectivity index (χ1) is 14.9. The standard InChI is InChI=1S/C20H17FN4O4S2/c21-17-11-23-20(30-17)24-19(26)18(25-29-12-14-3-1-2-10-22-14)13-4-6-15(7-5-13)31(27,28)16-8-9-16/h1-7,10-11,16H,8-9,12H2,(H,23,24,26). The molecule has 1 aromatic carbocycles. The lowest BCUT2D eigenvalue weighted by molar-refractivity contribution is -0.110. The zero-order chi connectivity index (χ0) is 21.8. The van der Waals surface area contributed by atoms with Crippen LogP contribution in [0.3, 0.4) is 0 Å². The number of hydrogen-bond acceptors (Lipinski definition) is 8. The molecule has 0 bridgehead atoms. The van der Waals surface area contributed by atoms with Crippen molar-refractivity contribution >= 4 is 37.9 Å². The maximum absolute atomic E-state index is 13.2. The normalized spacial score (nSPS) is 14.3. The van der Waals surface area contributed by atoms with Gasteiger partial charge in [0.15, 0.2) is 32.4 Å². The van der Waals surface area contributed by atoms with E-state index in [0.717, 1.165) is 6.20 Å². The third kappa shape index (κ3) is 5.12. The molecule has 1 N–H and O–H groups in total. The van der Waals surface area contributed by atoms with E-state index >= 15 is 0 Å². The van der Waals surface area contributed by atoms with E-state index in [2.05, 4.69) is 20.4 Å². The molecule has 1 saturated carbocycles. The lowest BCUT2D eigenvalue weighted by Crippen LogP contribution is -2.24. The van der Waals surface area contributed by atoms with E-state index in [1.807, 2.05) is 0 Å². The van der Waals surface area contributed by atoms with E-state index in [1.54, 1.807) is 24.4 Å². The Hall–Kier alpha value is -3.18. The van der Waals surface area contributed by atoms with Crippen LogP contribution in [0, 0.1) is 5.13 Å². The maximum atomic E-state index is 13.2. The van der Waals surface area contributed by atoms with Crippen LogP contribution in [-0.4, -0.2) is 35.3 Å². The van der Waals surface area contributed by atoms with E-state index in [9.17, 15) is 17.6 Å². The zero-order valence-corrected chi connectivity index (χ0v) is 17.7. The first-order valence-electron chi connectivity index (χ1n) is 9.30. The number of hydrogen-bond donors (Lipinski definition) is 1. The Morgan fingerprint density at radius 1 is 1.19 bits per heavy atom. The molecule has 31 heavy (non-hydrogen) atoms. The van der Waals surface area contributed by atoms with Crippen LogP contribution in [0.1, 0.15) is 24.1 Å². The molecule has 0 unspecified atom stereocenters. The van der Waals surface area contributed by atoms with Crippen molar-refractivity contribution in [2.75, 3.05) is 5.32 Å². The fourth-order valence-corrected chi connectivity index (χ4v) is 4.91. The molecule has 1 fully saturated rings. The highest BCUT2D eigenvalue weighted by atomic mass is 32.2. The van der Waals surface area contributed by atoms with Crippen LogP contribution >= 0.6 is 11.3 Å². The van der Waals surface area contributed by atoms with Gasteiger partial charge in [0.25, 0.3) is 5.91 Å². The molecule has 11 heteroatoms. The molecule has 4 rings (SSSR count). The summed E-state index contributed by atoms with van der Waals surface area (Å²) >= 11 is 0.670. The Labute approximate surface area is 181 Å². The number of anilines is 1. The largest absolute Gasteiger partial charge is 0.389 e. The topological polar surface area (TPSA) is 111 Å². The summed E-state index contributed by atoms with van der Waals surface area (Å²) in [5.41, 5.74) is 0.839. The van der Waals surface area contributed by atoms with Gasteiger partial charge in [0.1, 0.15) is 0 Å². The van der Waals surface area contributed by atoms with E-state index in [4.69, 9.17) is 4.84 Å². The van der Waals surface area contributed by atoms with Gasteiger partial charge in [-0.15, -0.1) is 0 Å². The van der Waals surface area contributed by atoms with E-state index in [-0.39, 0.29) is 27.6 Å². The number of benzene rings is 1. The van der Waals surface area contributed by atoms with Crippen LogP contribution in [0.2, 0.25) is 0 Å². The first-order valence-corrected chi connectivity index (χ1v) is 11.7. The molecule has 8 nitrogen and oxygen atoms in total. The van der Waals surface area contributed by atoms with Gasteiger partial charge in [0.05, 0.1) is 22.0 Å². The van der Waals surface area contributed by atoms with Gasteiger partial charge < -0.3 is 4.84 Å². The molecule has 0 aliphatic heterocycles. The molecular weight excluding hydrogens is 443 g/mol. The van der Waals surface area contributed by atoms with Crippen molar-refractivity contribution in [2.24, 2.45) is 5.16 Å². The van der Waals surface area contributed by atoms with Gasteiger partial charge in [-0.1, -0.05) is 34.7 Å². The zero-order valence-electron chi connectivity index (χ0n) is 16.1. The number of pyridine rings is 1. The highest BCUT2D eigenvalue weighted by molar-refractivity contribution is 7.92. The highest BCUT2D eigenvalue weighted by Gasteiger charge is 2.36. The maximum Gasteiger partial charge on any atom is 0.280 e. The van der Waals surface area contributed by atoms with Crippen LogP contribution < -0.4 is 5.32 Å². The summed E-state index contributed by atoms with van der Waals surface area (Å²) in [6, 6.07) is 11.1. The molecule has 0 saturated heterocycles. The van der Waals surface area contributed by atoms with Crippen molar-refractivity contribution in [3.63, 3.8) is 0 Å². The monoisotopic (exact) mass is 460 g/mol. The summed E-state index contributed by atoms with van der Waals surface area (Å²) in [7, 11) is -3.36. The number of nitrogens with zero attached hydrogens (tertiary/aromatic N) is 3. The van der Waals surface area contributed by atoms with Gasteiger partial charge in [-0.25, -0.2) is 13.4 Å². The second-order valence-corrected chi connectivity index (χ2v) is 9.94. The average Bonchev–Trinajstić information content (AvgIpc) is 3.56.